The van der Waals surface area contributed by atoms with Crippen molar-refractivity contribution in [3.05, 3.63) is 29.6 Å². The van der Waals surface area contributed by atoms with Gasteiger partial charge in [-0.05, 0) is 17.6 Å². The Morgan fingerprint density at radius 2 is 2.50 bits per heavy atom. The molecule has 1 N–H and O–H groups in total. The molecule has 3 nitrogen and oxygen atoms in total. The molecule has 60 valence electrons. The Kier molecular flexibility index (Phi) is 2.44. The maximum atomic E-state index is 10.3. The van der Waals surface area contributed by atoms with Crippen LogP contribution in [-0.2, 0) is 11.2 Å². The number of carbonyl (C=O) groups is 1. The van der Waals surface area contributed by atoms with Crippen molar-refractivity contribution in [1.29, 1.82) is 0 Å². The van der Waals surface area contributed by atoms with E-state index >= 15 is 0 Å². The molecule has 0 amide bonds. The van der Waals surface area contributed by atoms with Gasteiger partial charge in [0, 0.05) is 6.20 Å². The summed E-state index contributed by atoms with van der Waals surface area (Å²) in [5, 5.41) is 8.49. The van der Waals surface area contributed by atoms with Crippen LogP contribution in [0.3, 0.4) is 0 Å². The highest BCUT2D eigenvalue weighted by Crippen LogP contribution is 2.04. The predicted molar refractivity (Wildman–Crippen MR) is 43.5 cm³/mol. The summed E-state index contributed by atoms with van der Waals surface area (Å²) in [5.74, 6) is 1.42. The number of hydrogen-bond donors (Lipinski definition) is 1. The average Bonchev–Trinajstić information content (AvgIpc) is 2.04. The Labute approximate surface area is 70.1 Å². The Bertz CT molecular complexity index is 339. The molecule has 0 radical (unpaired) electrons. The van der Waals surface area contributed by atoms with Gasteiger partial charge in [-0.3, -0.25) is 4.79 Å². The van der Waals surface area contributed by atoms with Crippen LogP contribution in [0.2, 0.25) is 0 Å². The molecule has 3 heteroatoms. The third-order valence-electron chi connectivity index (χ3n) is 1.37. The van der Waals surface area contributed by atoms with Crippen molar-refractivity contribution in [3.63, 3.8) is 0 Å². The van der Waals surface area contributed by atoms with Crippen LogP contribution in [0.25, 0.3) is 0 Å². The SMILES string of the molecule is C#Cc1ncccc1CC(=O)O. The van der Waals surface area contributed by atoms with Gasteiger partial charge in [0.1, 0.15) is 5.69 Å². The maximum absolute atomic E-state index is 10.3. The number of carboxylic acids is 1. The number of hydrogen-bond acceptors (Lipinski definition) is 2. The molecular formula is C9H7NO2. The zero-order valence-corrected chi connectivity index (χ0v) is 6.32. The van der Waals surface area contributed by atoms with E-state index in [-0.39, 0.29) is 6.42 Å². The van der Waals surface area contributed by atoms with Gasteiger partial charge < -0.3 is 5.11 Å². The molecule has 1 rings (SSSR count). The maximum Gasteiger partial charge on any atom is 0.307 e. The zero-order chi connectivity index (χ0) is 8.97. The van der Waals surface area contributed by atoms with Crippen molar-refractivity contribution in [2.75, 3.05) is 0 Å². The normalized spacial score (nSPS) is 8.92. The van der Waals surface area contributed by atoms with Crippen molar-refractivity contribution < 1.29 is 9.90 Å². The number of carboxylic acid groups (broad SMARTS) is 1. The van der Waals surface area contributed by atoms with Gasteiger partial charge in [0.15, 0.2) is 0 Å². The van der Waals surface area contributed by atoms with Gasteiger partial charge in [-0.15, -0.1) is 6.42 Å². The van der Waals surface area contributed by atoms with Crippen molar-refractivity contribution in [2.45, 2.75) is 6.42 Å². The first kappa shape index (κ1) is 8.28. The Balaban J connectivity index is 2.99. The molecule has 0 aliphatic heterocycles. The van der Waals surface area contributed by atoms with E-state index in [1.54, 1.807) is 18.3 Å². The topological polar surface area (TPSA) is 50.2 Å². The van der Waals surface area contributed by atoms with Gasteiger partial charge in [-0.2, -0.15) is 0 Å². The van der Waals surface area contributed by atoms with Crippen LogP contribution in [0.4, 0.5) is 0 Å². The molecule has 0 aliphatic rings. The van der Waals surface area contributed by atoms with E-state index in [9.17, 15) is 4.79 Å². The first-order valence-corrected chi connectivity index (χ1v) is 3.36. The summed E-state index contributed by atoms with van der Waals surface area (Å²) in [6.07, 6.45) is 6.59. The van der Waals surface area contributed by atoms with E-state index in [0.29, 0.717) is 11.3 Å². The quantitative estimate of drug-likeness (QED) is 0.649. The highest BCUT2D eigenvalue weighted by Gasteiger charge is 2.04. The van der Waals surface area contributed by atoms with Crippen LogP contribution in [0, 0.1) is 12.3 Å². The average molecular weight is 161 g/mol. The molecule has 0 atom stereocenters. The number of aliphatic carboxylic acids is 1. The predicted octanol–water partition coefficient (Wildman–Crippen LogP) is 0.690. The summed E-state index contributed by atoms with van der Waals surface area (Å²) in [5.41, 5.74) is 0.979. The molecule has 1 aromatic rings. The molecule has 12 heavy (non-hydrogen) atoms. The second-order valence-corrected chi connectivity index (χ2v) is 2.23. The van der Waals surface area contributed by atoms with Gasteiger partial charge >= 0.3 is 5.97 Å². The third kappa shape index (κ3) is 1.83. The lowest BCUT2D eigenvalue weighted by atomic mass is 10.1. The van der Waals surface area contributed by atoms with Crippen molar-refractivity contribution in [3.8, 4) is 12.3 Å². The van der Waals surface area contributed by atoms with Gasteiger partial charge in [-0.25, -0.2) is 4.98 Å². The second kappa shape index (κ2) is 3.54. The van der Waals surface area contributed by atoms with Gasteiger partial charge in [0.2, 0.25) is 0 Å². The highest BCUT2D eigenvalue weighted by atomic mass is 16.4. The Morgan fingerprint density at radius 1 is 1.75 bits per heavy atom. The fourth-order valence-corrected chi connectivity index (χ4v) is 0.874. The number of rotatable bonds is 2. The second-order valence-electron chi connectivity index (χ2n) is 2.23. The van der Waals surface area contributed by atoms with E-state index in [1.165, 1.54) is 0 Å². The Morgan fingerprint density at radius 3 is 3.08 bits per heavy atom. The smallest absolute Gasteiger partial charge is 0.307 e. The number of aromatic nitrogens is 1. The van der Waals surface area contributed by atoms with Gasteiger partial charge in [-0.1, -0.05) is 6.07 Å². The molecule has 0 saturated carbocycles. The molecule has 0 bridgehead atoms. The van der Waals surface area contributed by atoms with Crippen LogP contribution in [0.15, 0.2) is 18.3 Å². The monoisotopic (exact) mass is 161 g/mol. The minimum atomic E-state index is -0.903. The van der Waals surface area contributed by atoms with Gasteiger partial charge in [0.25, 0.3) is 0 Å². The van der Waals surface area contributed by atoms with Crippen molar-refractivity contribution in [1.82, 2.24) is 4.98 Å². The third-order valence-corrected chi connectivity index (χ3v) is 1.37. The molecular weight excluding hydrogens is 154 g/mol. The molecule has 0 aliphatic carbocycles. The van der Waals surface area contributed by atoms with Crippen LogP contribution in [0.5, 0.6) is 0 Å². The molecule has 1 heterocycles. The standard InChI is InChI=1S/C9H7NO2/c1-2-8-7(6-9(11)12)4-3-5-10-8/h1,3-5H,6H2,(H,11,12). The molecule has 0 spiro atoms. The number of nitrogens with zero attached hydrogens (tertiary/aromatic N) is 1. The summed E-state index contributed by atoms with van der Waals surface area (Å²) in [4.78, 5) is 14.2. The summed E-state index contributed by atoms with van der Waals surface area (Å²) >= 11 is 0. The lowest BCUT2D eigenvalue weighted by molar-refractivity contribution is -0.136. The lowest BCUT2D eigenvalue weighted by Gasteiger charge is -1.98. The number of pyridine rings is 1. The molecule has 0 fully saturated rings. The van der Waals surface area contributed by atoms with E-state index in [4.69, 9.17) is 11.5 Å². The lowest BCUT2D eigenvalue weighted by Crippen LogP contribution is -2.02. The largest absolute Gasteiger partial charge is 0.481 e. The highest BCUT2D eigenvalue weighted by molar-refractivity contribution is 5.71. The molecule has 1 aromatic heterocycles. The van der Waals surface area contributed by atoms with E-state index in [2.05, 4.69) is 10.9 Å². The van der Waals surface area contributed by atoms with Crippen molar-refractivity contribution >= 4 is 5.97 Å². The van der Waals surface area contributed by atoms with Gasteiger partial charge in [0.05, 0.1) is 6.42 Å². The number of terminal acetylenes is 1. The first-order valence-electron chi connectivity index (χ1n) is 3.36. The van der Waals surface area contributed by atoms with Crippen molar-refractivity contribution in [2.24, 2.45) is 0 Å². The zero-order valence-electron chi connectivity index (χ0n) is 6.32. The summed E-state index contributed by atoms with van der Waals surface area (Å²) in [6.45, 7) is 0. The van der Waals surface area contributed by atoms with Crippen LogP contribution >= 0.6 is 0 Å². The van der Waals surface area contributed by atoms with E-state index in [0.717, 1.165) is 0 Å². The van der Waals surface area contributed by atoms with E-state index in [1.807, 2.05) is 0 Å². The van der Waals surface area contributed by atoms with E-state index < -0.39 is 5.97 Å². The summed E-state index contributed by atoms with van der Waals surface area (Å²) < 4.78 is 0. The molecule has 0 saturated heterocycles. The minimum Gasteiger partial charge on any atom is -0.481 e. The van der Waals surface area contributed by atoms with Crippen LogP contribution in [-0.4, -0.2) is 16.1 Å². The minimum absolute atomic E-state index is 0.0760. The first-order chi connectivity index (χ1) is 5.74. The molecule has 0 unspecified atom stereocenters. The Hall–Kier alpha value is -1.82. The summed E-state index contributed by atoms with van der Waals surface area (Å²) in [6, 6.07) is 3.33. The fourth-order valence-electron chi connectivity index (χ4n) is 0.874. The van der Waals surface area contributed by atoms with Crippen LogP contribution in [0.1, 0.15) is 11.3 Å². The summed E-state index contributed by atoms with van der Waals surface area (Å²) in [7, 11) is 0. The molecule has 0 aromatic carbocycles. The van der Waals surface area contributed by atoms with Crippen LogP contribution < -0.4 is 0 Å². The fraction of sp³-hybridized carbons (Fsp3) is 0.111.